The van der Waals surface area contributed by atoms with Gasteiger partial charge in [0.1, 0.15) is 7.05 Å². The summed E-state index contributed by atoms with van der Waals surface area (Å²) in [5.41, 5.74) is 0. The fourth-order valence-electron chi connectivity index (χ4n) is 0.689. The summed E-state index contributed by atoms with van der Waals surface area (Å²) < 4.78 is 6.83. The summed E-state index contributed by atoms with van der Waals surface area (Å²) in [6.45, 7) is 5.67. The molecule has 0 amide bonds. The van der Waals surface area contributed by atoms with E-state index in [1.165, 1.54) is 0 Å². The number of hydrogen-bond acceptors (Lipinski definition) is 1. The summed E-state index contributed by atoms with van der Waals surface area (Å²) in [6, 6.07) is 6.00. The van der Waals surface area contributed by atoms with Crippen LogP contribution >= 0.6 is 24.0 Å². The minimum absolute atomic E-state index is 0. The van der Waals surface area contributed by atoms with E-state index in [-0.39, 0.29) is 49.9 Å². The molecule has 80 valence electrons. The van der Waals surface area contributed by atoms with Crippen molar-refractivity contribution in [2.45, 2.75) is 13.8 Å². The first kappa shape index (κ1) is 20.1. The number of halogens is 1. The van der Waals surface area contributed by atoms with E-state index in [2.05, 4.69) is 0 Å². The van der Waals surface area contributed by atoms with E-state index in [9.17, 15) is 0 Å². The molecule has 0 aliphatic rings. The van der Waals surface area contributed by atoms with Crippen molar-refractivity contribution in [1.29, 1.82) is 0 Å². The van der Waals surface area contributed by atoms with E-state index < -0.39 is 0 Å². The van der Waals surface area contributed by atoms with E-state index in [1.54, 1.807) is 0 Å². The van der Waals surface area contributed by atoms with Gasteiger partial charge in [0.25, 0.3) is 0 Å². The van der Waals surface area contributed by atoms with Gasteiger partial charge in [0.2, 0.25) is 0 Å². The van der Waals surface area contributed by atoms with Crippen LogP contribution in [0.25, 0.3) is 0 Å². The molecule has 0 aliphatic heterocycles. The van der Waals surface area contributed by atoms with Crippen LogP contribution in [0.1, 0.15) is 16.7 Å². The maximum Gasteiger partial charge on any atom is 2.00 e. The molecule has 0 saturated heterocycles. The summed E-state index contributed by atoms with van der Waals surface area (Å²) in [5.74, 6) is 0. The van der Waals surface area contributed by atoms with E-state index in [1.807, 2.05) is 56.1 Å². The number of ether oxygens (including phenoxy) is 1. The molecular weight excluding hydrogens is 301 g/mol. The molecule has 0 aliphatic carbocycles. The molecule has 0 saturated carbocycles. The van der Waals surface area contributed by atoms with Crippen molar-refractivity contribution in [2.24, 2.45) is 7.05 Å². The average molecular weight is 322 g/mol. The molecule has 2 nitrogen and oxygen atoms in total. The second-order valence-corrected chi connectivity index (χ2v) is 2.32. The Hall–Kier alpha value is 0.606. The SMILES string of the molecule is CCOCC.C[n+]1ccccc1.I.[H-].[H-].[Mg+2]. The Bertz CT molecular complexity index is 191. The van der Waals surface area contributed by atoms with Crippen molar-refractivity contribution in [2.75, 3.05) is 13.2 Å². The van der Waals surface area contributed by atoms with E-state index in [0.29, 0.717) is 0 Å². The van der Waals surface area contributed by atoms with Crippen LogP contribution in [0.15, 0.2) is 30.6 Å². The van der Waals surface area contributed by atoms with Gasteiger partial charge in [-0.1, -0.05) is 6.07 Å². The fraction of sp³-hybridized carbons (Fsp3) is 0.500. The van der Waals surface area contributed by atoms with Gasteiger partial charge in [-0.3, -0.25) is 0 Å². The number of hydrogen-bond donors (Lipinski definition) is 0. The normalized spacial score (nSPS) is 7.36. The largest absolute Gasteiger partial charge is 2.00 e. The molecule has 4 heteroatoms. The Morgan fingerprint density at radius 1 is 1.07 bits per heavy atom. The average Bonchev–Trinajstić information content (AvgIpc) is 2.08. The molecule has 0 bridgehead atoms. The van der Waals surface area contributed by atoms with Crippen molar-refractivity contribution in [1.82, 2.24) is 0 Å². The van der Waals surface area contributed by atoms with Crippen LogP contribution in [-0.2, 0) is 11.8 Å². The van der Waals surface area contributed by atoms with Crippen molar-refractivity contribution < 1.29 is 12.2 Å². The third kappa shape index (κ3) is 15.1. The molecular formula is C10H21IMgNO+. The van der Waals surface area contributed by atoms with Gasteiger partial charge in [-0.15, -0.1) is 24.0 Å². The molecule has 0 aromatic carbocycles. The van der Waals surface area contributed by atoms with Gasteiger partial charge in [-0.2, -0.15) is 0 Å². The molecule has 0 radical (unpaired) electrons. The van der Waals surface area contributed by atoms with Crippen molar-refractivity contribution in [3.05, 3.63) is 30.6 Å². The van der Waals surface area contributed by atoms with Crippen molar-refractivity contribution >= 4 is 47.0 Å². The first-order valence-corrected chi connectivity index (χ1v) is 4.29. The monoisotopic (exact) mass is 322 g/mol. The Kier molecular flexibility index (Phi) is 23.0. The van der Waals surface area contributed by atoms with Crippen LogP contribution in [0.5, 0.6) is 0 Å². The third-order valence-electron chi connectivity index (χ3n) is 1.27. The van der Waals surface area contributed by atoms with Gasteiger partial charge in [0, 0.05) is 25.3 Å². The Morgan fingerprint density at radius 2 is 1.50 bits per heavy atom. The zero-order chi connectivity index (χ0) is 9.23. The van der Waals surface area contributed by atoms with Crippen LogP contribution in [0, 0.1) is 0 Å². The molecule has 0 spiro atoms. The summed E-state index contributed by atoms with van der Waals surface area (Å²) in [7, 11) is 2.00. The topological polar surface area (TPSA) is 13.1 Å². The number of aromatic nitrogens is 1. The molecule has 1 heterocycles. The van der Waals surface area contributed by atoms with E-state index >= 15 is 0 Å². The fourth-order valence-corrected chi connectivity index (χ4v) is 0.689. The number of aryl methyl sites for hydroxylation is 1. The van der Waals surface area contributed by atoms with Gasteiger partial charge in [0.05, 0.1) is 0 Å². The Morgan fingerprint density at radius 3 is 1.64 bits per heavy atom. The molecule has 0 N–H and O–H groups in total. The quantitative estimate of drug-likeness (QED) is 0.461. The smallest absolute Gasteiger partial charge is 1.00 e. The maximum absolute atomic E-state index is 4.83. The Labute approximate surface area is 123 Å². The molecule has 1 aromatic heterocycles. The van der Waals surface area contributed by atoms with Gasteiger partial charge in [-0.05, 0) is 13.8 Å². The first-order chi connectivity index (χ1) is 5.81. The minimum Gasteiger partial charge on any atom is -1.00 e. The van der Waals surface area contributed by atoms with Crippen LogP contribution in [0.4, 0.5) is 0 Å². The standard InChI is InChI=1S/C6H8N.C4H10O.HI.Mg.2H/c1-7-5-3-2-4-6-7;1-3-5-4-2;;;;/h2-6H,1H3;3-4H2,1-2H3;1H;;;/q+1;;;+2;2*-1. The molecule has 14 heavy (non-hydrogen) atoms. The van der Waals surface area contributed by atoms with Crippen molar-refractivity contribution in [3.63, 3.8) is 0 Å². The van der Waals surface area contributed by atoms with Crippen LogP contribution in [0.3, 0.4) is 0 Å². The predicted molar refractivity (Wildman–Crippen MR) is 73.2 cm³/mol. The summed E-state index contributed by atoms with van der Waals surface area (Å²) in [4.78, 5) is 0. The first-order valence-electron chi connectivity index (χ1n) is 4.29. The maximum atomic E-state index is 4.83. The molecule has 1 rings (SSSR count). The second-order valence-electron chi connectivity index (χ2n) is 2.32. The van der Waals surface area contributed by atoms with E-state index in [4.69, 9.17) is 4.74 Å². The molecule has 0 unspecified atom stereocenters. The predicted octanol–water partition coefficient (Wildman–Crippen LogP) is 2.02. The van der Waals surface area contributed by atoms with Gasteiger partial charge >= 0.3 is 23.1 Å². The van der Waals surface area contributed by atoms with Gasteiger partial charge in [-0.25, -0.2) is 4.57 Å². The van der Waals surface area contributed by atoms with Crippen LogP contribution < -0.4 is 4.57 Å². The zero-order valence-electron chi connectivity index (χ0n) is 11.3. The summed E-state index contributed by atoms with van der Waals surface area (Å²) >= 11 is 0. The number of rotatable bonds is 2. The molecule has 1 aromatic rings. The zero-order valence-corrected chi connectivity index (χ0v) is 13.0. The van der Waals surface area contributed by atoms with Crippen LogP contribution in [-0.4, -0.2) is 36.3 Å². The van der Waals surface area contributed by atoms with Gasteiger partial charge < -0.3 is 7.59 Å². The van der Waals surface area contributed by atoms with Gasteiger partial charge in [0.15, 0.2) is 12.4 Å². The minimum atomic E-state index is 0. The van der Waals surface area contributed by atoms with Crippen LogP contribution in [0.2, 0.25) is 0 Å². The summed E-state index contributed by atoms with van der Waals surface area (Å²) in [6.07, 6.45) is 4.00. The number of pyridine rings is 1. The third-order valence-corrected chi connectivity index (χ3v) is 1.27. The number of nitrogens with zero attached hydrogens (tertiary/aromatic N) is 1. The molecule has 0 atom stereocenters. The van der Waals surface area contributed by atoms with Crippen molar-refractivity contribution in [3.8, 4) is 0 Å². The summed E-state index contributed by atoms with van der Waals surface area (Å²) in [5, 5.41) is 0. The Balaban J connectivity index is -0.0000000419. The second kappa shape index (κ2) is 16.1. The van der Waals surface area contributed by atoms with E-state index in [0.717, 1.165) is 13.2 Å². The molecule has 0 fully saturated rings.